The van der Waals surface area contributed by atoms with Gasteiger partial charge in [-0.3, -0.25) is 4.90 Å². The predicted molar refractivity (Wildman–Crippen MR) is 106 cm³/mol. The summed E-state index contributed by atoms with van der Waals surface area (Å²) in [7, 11) is 1.63. The molecular formula is C23H23F3N2O. The average Bonchev–Trinajstić information content (AvgIpc) is 3.09. The first-order chi connectivity index (χ1) is 14.0. The molecule has 29 heavy (non-hydrogen) atoms. The van der Waals surface area contributed by atoms with Crippen LogP contribution < -0.4 is 4.74 Å². The number of halogens is 3. The van der Waals surface area contributed by atoms with Crippen molar-refractivity contribution in [3.8, 4) is 5.75 Å². The zero-order valence-corrected chi connectivity index (χ0v) is 16.2. The van der Waals surface area contributed by atoms with E-state index in [9.17, 15) is 13.2 Å². The lowest BCUT2D eigenvalue weighted by Gasteiger charge is -2.31. The first-order valence-corrected chi connectivity index (χ1v) is 9.65. The van der Waals surface area contributed by atoms with Gasteiger partial charge < -0.3 is 9.30 Å². The molecule has 152 valence electrons. The van der Waals surface area contributed by atoms with E-state index >= 15 is 0 Å². The Labute approximate surface area is 168 Å². The molecule has 2 heterocycles. The highest BCUT2D eigenvalue weighted by Gasteiger charge is 2.31. The Morgan fingerprint density at radius 2 is 1.83 bits per heavy atom. The van der Waals surface area contributed by atoms with Gasteiger partial charge in [0.15, 0.2) is 0 Å². The maximum absolute atomic E-state index is 13.2. The highest BCUT2D eigenvalue weighted by Crippen LogP contribution is 2.35. The van der Waals surface area contributed by atoms with Gasteiger partial charge >= 0.3 is 6.18 Å². The van der Waals surface area contributed by atoms with Gasteiger partial charge in [-0.15, -0.1) is 0 Å². The Morgan fingerprint density at radius 3 is 2.62 bits per heavy atom. The van der Waals surface area contributed by atoms with Crippen LogP contribution in [0.2, 0.25) is 0 Å². The number of methoxy groups -OCH3 is 1. The summed E-state index contributed by atoms with van der Waals surface area (Å²) in [5.41, 5.74) is 2.26. The highest BCUT2D eigenvalue weighted by molar-refractivity contribution is 5.36. The molecule has 0 saturated carbocycles. The third-order valence-corrected chi connectivity index (χ3v) is 5.40. The van der Waals surface area contributed by atoms with Crippen molar-refractivity contribution in [2.45, 2.75) is 31.7 Å². The molecule has 1 aromatic heterocycles. The topological polar surface area (TPSA) is 17.4 Å². The van der Waals surface area contributed by atoms with Crippen LogP contribution in [-0.4, -0.2) is 23.1 Å². The van der Waals surface area contributed by atoms with Crippen molar-refractivity contribution < 1.29 is 17.9 Å². The number of alkyl halides is 3. The summed E-state index contributed by atoms with van der Waals surface area (Å²) in [6, 6.07) is 17.6. The molecule has 0 bridgehead atoms. The van der Waals surface area contributed by atoms with Crippen LogP contribution in [0.25, 0.3) is 0 Å². The number of ether oxygens (including phenoxy) is 1. The first kappa shape index (κ1) is 19.6. The largest absolute Gasteiger partial charge is 0.497 e. The Morgan fingerprint density at radius 1 is 1.00 bits per heavy atom. The van der Waals surface area contributed by atoms with E-state index in [1.807, 2.05) is 24.3 Å². The van der Waals surface area contributed by atoms with Crippen LogP contribution in [0.1, 0.15) is 34.8 Å². The van der Waals surface area contributed by atoms with Crippen molar-refractivity contribution in [3.63, 3.8) is 0 Å². The van der Waals surface area contributed by atoms with Crippen molar-refractivity contribution >= 4 is 0 Å². The van der Waals surface area contributed by atoms with E-state index in [2.05, 4.69) is 27.8 Å². The molecule has 1 aliphatic rings. The number of hydrogen-bond donors (Lipinski definition) is 0. The molecule has 4 rings (SSSR count). The zero-order valence-electron chi connectivity index (χ0n) is 16.2. The van der Waals surface area contributed by atoms with Crippen molar-refractivity contribution in [3.05, 3.63) is 89.2 Å². The van der Waals surface area contributed by atoms with Crippen molar-refractivity contribution in [2.24, 2.45) is 0 Å². The fourth-order valence-corrected chi connectivity index (χ4v) is 4.08. The molecule has 0 unspecified atom stereocenters. The fourth-order valence-electron chi connectivity index (χ4n) is 4.08. The van der Waals surface area contributed by atoms with Crippen LogP contribution in [0.5, 0.6) is 5.75 Å². The highest BCUT2D eigenvalue weighted by atomic mass is 19.4. The van der Waals surface area contributed by atoms with Crippen molar-refractivity contribution in [2.75, 3.05) is 13.7 Å². The molecular weight excluding hydrogens is 377 g/mol. The molecule has 1 aliphatic heterocycles. The summed E-state index contributed by atoms with van der Waals surface area (Å²) < 4.78 is 47.1. The van der Waals surface area contributed by atoms with Gasteiger partial charge in [-0.25, -0.2) is 0 Å². The second kappa shape index (κ2) is 7.95. The van der Waals surface area contributed by atoms with Gasteiger partial charge in [0.2, 0.25) is 0 Å². The van der Waals surface area contributed by atoms with E-state index in [0.717, 1.165) is 42.6 Å². The monoisotopic (exact) mass is 400 g/mol. The third kappa shape index (κ3) is 4.17. The van der Waals surface area contributed by atoms with Crippen LogP contribution in [0.15, 0.2) is 66.9 Å². The normalized spacial score (nSPS) is 17.6. The van der Waals surface area contributed by atoms with Gasteiger partial charge in [0.05, 0.1) is 18.7 Å². The van der Waals surface area contributed by atoms with E-state index < -0.39 is 11.7 Å². The standard InChI is InChI=1S/C23H23F3N2O/c1-29-20-9-3-7-18(15-20)22-21-10-4-11-27(21)12-5-13-28(22)16-17-6-2-8-19(14-17)23(24,25)26/h2-4,6-11,14-15,22H,5,12-13,16H2,1H3/t22-/m1/s1. The minimum atomic E-state index is -4.34. The molecule has 3 aromatic rings. The maximum Gasteiger partial charge on any atom is 0.416 e. The molecule has 3 nitrogen and oxygen atoms in total. The average molecular weight is 400 g/mol. The van der Waals surface area contributed by atoms with Gasteiger partial charge in [-0.1, -0.05) is 30.3 Å². The van der Waals surface area contributed by atoms with Gasteiger partial charge in [0, 0.05) is 31.5 Å². The summed E-state index contributed by atoms with van der Waals surface area (Å²) in [5.74, 6) is 0.767. The van der Waals surface area contributed by atoms with Crippen LogP contribution in [0.3, 0.4) is 0 Å². The summed E-state index contributed by atoms with van der Waals surface area (Å²) in [6.07, 6.45) is -1.34. The van der Waals surface area contributed by atoms with Gasteiger partial charge in [-0.05, 0) is 47.9 Å². The second-order valence-corrected chi connectivity index (χ2v) is 7.33. The quantitative estimate of drug-likeness (QED) is 0.575. The Kier molecular flexibility index (Phi) is 5.37. The SMILES string of the molecule is COc1cccc([C@@H]2c3cccn3CCCN2Cc2cccc(C(F)(F)F)c2)c1. The summed E-state index contributed by atoms with van der Waals surface area (Å²) >= 11 is 0. The van der Waals surface area contributed by atoms with Crippen LogP contribution >= 0.6 is 0 Å². The second-order valence-electron chi connectivity index (χ2n) is 7.33. The molecule has 0 spiro atoms. The number of aromatic nitrogens is 1. The van der Waals surface area contributed by atoms with Crippen molar-refractivity contribution in [1.29, 1.82) is 0 Å². The fraction of sp³-hybridized carbons (Fsp3) is 0.304. The number of nitrogens with zero attached hydrogens (tertiary/aromatic N) is 2. The molecule has 0 radical (unpaired) electrons. The zero-order chi connectivity index (χ0) is 20.4. The minimum Gasteiger partial charge on any atom is -0.497 e. The lowest BCUT2D eigenvalue weighted by Crippen LogP contribution is -2.29. The molecule has 6 heteroatoms. The molecule has 0 amide bonds. The maximum atomic E-state index is 13.2. The molecule has 0 N–H and O–H groups in total. The molecule has 1 atom stereocenters. The Hall–Kier alpha value is -2.73. The summed E-state index contributed by atoms with van der Waals surface area (Å²) in [4.78, 5) is 2.25. The third-order valence-electron chi connectivity index (χ3n) is 5.40. The van der Waals surface area contributed by atoms with E-state index in [1.54, 1.807) is 13.2 Å². The molecule has 0 fully saturated rings. The van der Waals surface area contributed by atoms with Gasteiger partial charge in [0.25, 0.3) is 0 Å². The number of fused-ring (bicyclic) bond motifs is 1. The molecule has 2 aromatic carbocycles. The Bertz CT molecular complexity index is 980. The first-order valence-electron chi connectivity index (χ1n) is 9.65. The van der Waals surface area contributed by atoms with E-state index in [1.165, 1.54) is 12.1 Å². The lowest BCUT2D eigenvalue weighted by molar-refractivity contribution is -0.137. The van der Waals surface area contributed by atoms with Crippen LogP contribution in [0, 0.1) is 0 Å². The van der Waals surface area contributed by atoms with Gasteiger partial charge in [0.1, 0.15) is 5.75 Å². The van der Waals surface area contributed by atoms with Crippen LogP contribution in [0.4, 0.5) is 13.2 Å². The molecule has 0 aliphatic carbocycles. The predicted octanol–water partition coefficient (Wildman–Crippen LogP) is 5.51. The summed E-state index contributed by atoms with van der Waals surface area (Å²) in [6.45, 7) is 2.12. The van der Waals surface area contributed by atoms with E-state index in [0.29, 0.717) is 12.1 Å². The number of hydrogen-bond acceptors (Lipinski definition) is 2. The van der Waals surface area contributed by atoms with E-state index in [4.69, 9.17) is 4.74 Å². The van der Waals surface area contributed by atoms with Crippen LogP contribution in [-0.2, 0) is 19.3 Å². The number of benzene rings is 2. The summed E-state index contributed by atoms with van der Waals surface area (Å²) in [5, 5.41) is 0. The number of aryl methyl sites for hydroxylation is 1. The number of rotatable bonds is 4. The molecule has 0 saturated heterocycles. The Balaban J connectivity index is 1.72. The smallest absolute Gasteiger partial charge is 0.416 e. The van der Waals surface area contributed by atoms with Crippen molar-refractivity contribution in [1.82, 2.24) is 9.47 Å². The van der Waals surface area contributed by atoms with E-state index in [-0.39, 0.29) is 6.04 Å². The minimum absolute atomic E-state index is 0.0582. The lowest BCUT2D eigenvalue weighted by atomic mass is 10.0. The van der Waals surface area contributed by atoms with Gasteiger partial charge in [-0.2, -0.15) is 13.2 Å².